The second-order valence-corrected chi connectivity index (χ2v) is 7.37. The Bertz CT molecular complexity index is 1300. The van der Waals surface area contributed by atoms with Gasteiger partial charge in [0.1, 0.15) is 0 Å². The van der Waals surface area contributed by atoms with Crippen LogP contribution in [0.1, 0.15) is 22.8 Å². The third-order valence-corrected chi connectivity index (χ3v) is 5.02. The van der Waals surface area contributed by atoms with Crippen LogP contribution in [0, 0.1) is 0 Å². The van der Waals surface area contributed by atoms with E-state index in [1.54, 1.807) is 30.3 Å². The molecule has 32 heavy (non-hydrogen) atoms. The summed E-state index contributed by atoms with van der Waals surface area (Å²) in [7, 11) is 0. The van der Waals surface area contributed by atoms with Crippen LogP contribution in [0.15, 0.2) is 77.9 Å². The van der Waals surface area contributed by atoms with Crippen molar-refractivity contribution in [2.24, 2.45) is 5.10 Å². The lowest BCUT2D eigenvalue weighted by Crippen LogP contribution is -2.18. The number of para-hydroxylation sites is 1. The number of halogens is 1. The third kappa shape index (κ3) is 4.71. The highest BCUT2D eigenvalue weighted by Crippen LogP contribution is 2.27. The van der Waals surface area contributed by atoms with Gasteiger partial charge in [-0.1, -0.05) is 41.9 Å². The Morgan fingerprint density at radius 1 is 1.12 bits per heavy atom. The number of fused-ring (bicyclic) bond motifs is 1. The van der Waals surface area contributed by atoms with Gasteiger partial charge in [0.2, 0.25) is 0 Å². The zero-order valence-electron chi connectivity index (χ0n) is 17.2. The Hall–Kier alpha value is -3.90. The Morgan fingerprint density at radius 2 is 1.91 bits per heavy atom. The van der Waals surface area contributed by atoms with Crippen LogP contribution >= 0.6 is 11.6 Å². The number of ether oxygens (including phenoxy) is 1. The number of rotatable bonds is 6. The van der Waals surface area contributed by atoms with Crippen LogP contribution in [0.4, 0.5) is 0 Å². The Kier molecular flexibility index (Phi) is 6.33. The first-order chi connectivity index (χ1) is 15.5. The van der Waals surface area contributed by atoms with Gasteiger partial charge in [0, 0.05) is 16.0 Å². The Morgan fingerprint density at radius 3 is 2.69 bits per heavy atom. The fraction of sp³-hybridized carbons (Fsp3) is 0.0800. The molecule has 0 radical (unpaired) electrons. The number of phenols is 1. The van der Waals surface area contributed by atoms with Crippen LogP contribution in [0.25, 0.3) is 22.2 Å². The van der Waals surface area contributed by atoms with Gasteiger partial charge in [-0.05, 0) is 55.0 Å². The number of carbonyl (C=O) groups excluding carboxylic acids is 1. The summed E-state index contributed by atoms with van der Waals surface area (Å²) in [5.41, 5.74) is 5.92. The van der Waals surface area contributed by atoms with Crippen LogP contribution in [0.2, 0.25) is 5.02 Å². The molecule has 160 valence electrons. The SMILES string of the molecule is CCOc1cc(/C=N\NC(=O)c2cc(-c3ccc(Cl)cc3)nc3ccccc23)ccc1O. The molecular formula is C25H20ClN3O3. The number of aromatic hydroxyl groups is 1. The minimum Gasteiger partial charge on any atom is -0.504 e. The van der Waals surface area contributed by atoms with Crippen molar-refractivity contribution in [3.05, 3.63) is 88.9 Å². The molecule has 0 bridgehead atoms. The first kappa shape index (κ1) is 21.3. The van der Waals surface area contributed by atoms with E-state index in [0.29, 0.717) is 39.7 Å². The van der Waals surface area contributed by atoms with E-state index in [1.165, 1.54) is 12.3 Å². The van der Waals surface area contributed by atoms with E-state index >= 15 is 0 Å². The number of hydrazone groups is 1. The zero-order chi connectivity index (χ0) is 22.5. The standard InChI is InChI=1S/C25H20ClN3O3/c1-2-32-24-13-16(7-12-23(24)30)15-27-29-25(31)20-14-22(17-8-10-18(26)11-9-17)28-21-6-4-3-5-19(20)21/h3-15,30H,2H2,1H3,(H,29,31)/b27-15-. The molecule has 0 fully saturated rings. The second-order valence-electron chi connectivity index (χ2n) is 6.94. The normalized spacial score (nSPS) is 11.1. The number of carbonyl (C=O) groups is 1. The Labute approximate surface area is 190 Å². The second kappa shape index (κ2) is 9.49. The molecule has 0 spiro atoms. The van der Waals surface area contributed by atoms with Gasteiger partial charge in [0.05, 0.1) is 29.6 Å². The molecule has 0 aliphatic rings. The molecule has 1 amide bonds. The van der Waals surface area contributed by atoms with Crippen molar-refractivity contribution in [1.82, 2.24) is 10.4 Å². The molecule has 4 aromatic rings. The first-order valence-corrected chi connectivity index (χ1v) is 10.4. The van der Waals surface area contributed by atoms with Crippen LogP contribution in [0.3, 0.4) is 0 Å². The van der Waals surface area contributed by atoms with E-state index in [0.717, 1.165) is 10.9 Å². The van der Waals surface area contributed by atoms with Gasteiger partial charge in [0.25, 0.3) is 5.91 Å². The highest BCUT2D eigenvalue weighted by Gasteiger charge is 2.13. The fourth-order valence-corrected chi connectivity index (χ4v) is 3.37. The number of phenolic OH excluding ortho intramolecular Hbond substituents is 1. The third-order valence-electron chi connectivity index (χ3n) is 4.76. The molecule has 0 aliphatic carbocycles. The summed E-state index contributed by atoms with van der Waals surface area (Å²) >= 11 is 6.00. The quantitative estimate of drug-likeness (QED) is 0.306. The van der Waals surface area contributed by atoms with Crippen LogP contribution in [-0.2, 0) is 0 Å². The summed E-state index contributed by atoms with van der Waals surface area (Å²) < 4.78 is 5.37. The molecule has 3 aromatic carbocycles. The van der Waals surface area contributed by atoms with Gasteiger partial charge in [0.15, 0.2) is 11.5 Å². The van der Waals surface area contributed by atoms with Gasteiger partial charge in [-0.15, -0.1) is 0 Å². The summed E-state index contributed by atoms with van der Waals surface area (Å²) in [6, 6.07) is 21.3. The number of pyridine rings is 1. The molecule has 6 nitrogen and oxygen atoms in total. The summed E-state index contributed by atoms with van der Waals surface area (Å²) in [5, 5.41) is 15.2. The molecule has 0 aliphatic heterocycles. The van der Waals surface area contributed by atoms with Gasteiger partial charge in [-0.25, -0.2) is 10.4 Å². The van der Waals surface area contributed by atoms with Crippen LogP contribution < -0.4 is 10.2 Å². The number of benzene rings is 3. The minimum atomic E-state index is -0.362. The predicted molar refractivity (Wildman–Crippen MR) is 127 cm³/mol. The topological polar surface area (TPSA) is 83.8 Å². The maximum Gasteiger partial charge on any atom is 0.272 e. The molecule has 7 heteroatoms. The monoisotopic (exact) mass is 445 g/mol. The summed E-state index contributed by atoms with van der Waals surface area (Å²) in [5.74, 6) is 0.0420. The van der Waals surface area contributed by atoms with Gasteiger partial charge < -0.3 is 9.84 Å². The smallest absolute Gasteiger partial charge is 0.272 e. The molecule has 1 heterocycles. The first-order valence-electron chi connectivity index (χ1n) is 10.00. The molecule has 0 unspecified atom stereocenters. The number of amides is 1. The van der Waals surface area contributed by atoms with E-state index in [2.05, 4.69) is 15.5 Å². The molecular weight excluding hydrogens is 426 g/mol. The molecule has 2 N–H and O–H groups in total. The Balaban J connectivity index is 1.62. The minimum absolute atomic E-state index is 0.0472. The van der Waals surface area contributed by atoms with E-state index in [-0.39, 0.29) is 11.7 Å². The highest BCUT2D eigenvalue weighted by atomic mass is 35.5. The summed E-state index contributed by atoms with van der Waals surface area (Å²) in [6.45, 7) is 2.26. The lowest BCUT2D eigenvalue weighted by molar-refractivity contribution is 0.0956. The number of nitrogens with one attached hydrogen (secondary N) is 1. The van der Waals surface area contributed by atoms with Crippen molar-refractivity contribution in [3.63, 3.8) is 0 Å². The van der Waals surface area contributed by atoms with Gasteiger partial charge in [-0.2, -0.15) is 5.10 Å². The number of hydrogen-bond acceptors (Lipinski definition) is 5. The van der Waals surface area contributed by atoms with Crippen LogP contribution in [-0.4, -0.2) is 28.8 Å². The average Bonchev–Trinajstić information content (AvgIpc) is 2.81. The predicted octanol–water partition coefficient (Wildman–Crippen LogP) is 5.42. The maximum absolute atomic E-state index is 13.0. The maximum atomic E-state index is 13.0. The fourth-order valence-electron chi connectivity index (χ4n) is 3.24. The molecule has 4 rings (SSSR count). The van der Waals surface area contributed by atoms with Gasteiger partial charge >= 0.3 is 0 Å². The van der Waals surface area contributed by atoms with Crippen molar-refractivity contribution in [2.45, 2.75) is 6.92 Å². The van der Waals surface area contributed by atoms with Crippen molar-refractivity contribution in [2.75, 3.05) is 6.61 Å². The van der Waals surface area contributed by atoms with Crippen molar-refractivity contribution >= 4 is 34.6 Å². The van der Waals surface area contributed by atoms with E-state index < -0.39 is 0 Å². The van der Waals surface area contributed by atoms with Crippen molar-refractivity contribution in [3.8, 4) is 22.8 Å². The largest absolute Gasteiger partial charge is 0.504 e. The average molecular weight is 446 g/mol. The number of nitrogens with zero attached hydrogens (tertiary/aromatic N) is 2. The zero-order valence-corrected chi connectivity index (χ0v) is 18.0. The number of aromatic nitrogens is 1. The molecule has 0 atom stereocenters. The van der Waals surface area contributed by atoms with Crippen LogP contribution in [0.5, 0.6) is 11.5 Å². The summed E-state index contributed by atoms with van der Waals surface area (Å²) in [4.78, 5) is 17.7. The van der Waals surface area contributed by atoms with Crippen molar-refractivity contribution < 1.29 is 14.6 Å². The van der Waals surface area contributed by atoms with E-state index in [4.69, 9.17) is 16.3 Å². The number of hydrogen-bond donors (Lipinski definition) is 2. The van der Waals surface area contributed by atoms with Gasteiger partial charge in [-0.3, -0.25) is 4.79 Å². The van der Waals surface area contributed by atoms with E-state index in [9.17, 15) is 9.90 Å². The molecule has 0 saturated heterocycles. The van der Waals surface area contributed by atoms with E-state index in [1.807, 2.05) is 43.3 Å². The van der Waals surface area contributed by atoms with Crippen molar-refractivity contribution in [1.29, 1.82) is 0 Å². The lowest BCUT2D eigenvalue weighted by Gasteiger charge is -2.09. The highest BCUT2D eigenvalue weighted by molar-refractivity contribution is 6.30. The lowest BCUT2D eigenvalue weighted by atomic mass is 10.0. The molecule has 1 aromatic heterocycles. The summed E-state index contributed by atoms with van der Waals surface area (Å²) in [6.07, 6.45) is 1.49. The molecule has 0 saturated carbocycles.